The normalized spacial score (nSPS) is 49.9. The van der Waals surface area contributed by atoms with Gasteiger partial charge in [0.05, 0.1) is 19.0 Å². The molecule has 0 saturated heterocycles. The van der Waals surface area contributed by atoms with E-state index in [-0.39, 0.29) is 6.05 Å². The third-order valence-electron chi connectivity index (χ3n) is 2.72. The van der Waals surface area contributed by atoms with E-state index in [1.54, 1.807) is 0 Å². The topological polar surface area (TPSA) is 33.0 Å². The van der Waals surface area contributed by atoms with Gasteiger partial charge in [0.15, 0.2) is 0 Å². The molecule has 0 aromatic carbocycles. The summed E-state index contributed by atoms with van der Waals surface area (Å²) in [7, 11) is 0. The van der Waals surface area contributed by atoms with Crippen molar-refractivity contribution in [3.63, 3.8) is 0 Å². The molecule has 5 heteroatoms. The minimum absolute atomic E-state index is 0.126. The van der Waals surface area contributed by atoms with Gasteiger partial charge in [-0.05, 0) is 6.92 Å². The standard InChI is InChI=1S/C10H10F3NO/c1-9(15-5-10(11,12)13)3-2-6-7(4-14)8(6)9/h2-3,6-8H,5H2,1H3/t6-,7+,8-,9+/m1/s1/i2D,6D. The number of hydrogen-bond acceptors (Lipinski definition) is 2. The molecule has 0 bridgehead atoms. The van der Waals surface area contributed by atoms with Crippen LogP contribution in [-0.4, -0.2) is 18.4 Å². The van der Waals surface area contributed by atoms with E-state index in [4.69, 9.17) is 12.7 Å². The first-order valence-corrected chi connectivity index (χ1v) is 4.45. The molecule has 0 heterocycles. The van der Waals surface area contributed by atoms with E-state index in [2.05, 4.69) is 0 Å². The summed E-state index contributed by atoms with van der Waals surface area (Å²) in [5.41, 5.74) is -1.34. The molecule has 1 saturated carbocycles. The van der Waals surface area contributed by atoms with Crippen molar-refractivity contribution in [1.29, 1.82) is 5.26 Å². The molecule has 0 N–H and O–H groups in total. The highest BCUT2D eigenvalue weighted by Gasteiger charge is 2.62. The summed E-state index contributed by atoms with van der Waals surface area (Å²) in [6, 6.07) is 1.73. The fraction of sp³-hybridized carbons (Fsp3) is 0.700. The van der Waals surface area contributed by atoms with E-state index in [0.717, 1.165) is 0 Å². The first-order valence-electron chi connectivity index (χ1n) is 5.45. The fourth-order valence-corrected chi connectivity index (χ4v) is 1.91. The predicted octanol–water partition coefficient (Wildman–Crippen LogP) is 2.28. The average Bonchev–Trinajstić information content (AvgIpc) is 2.76. The van der Waals surface area contributed by atoms with Crippen LogP contribution < -0.4 is 0 Å². The van der Waals surface area contributed by atoms with Gasteiger partial charge in [-0.2, -0.15) is 18.4 Å². The van der Waals surface area contributed by atoms with Crippen LogP contribution in [0.2, 0.25) is 0 Å². The number of allylic oxidation sites excluding steroid dienone is 1. The smallest absolute Gasteiger partial charge is 0.361 e. The summed E-state index contributed by atoms with van der Waals surface area (Å²) >= 11 is 0. The second kappa shape index (κ2) is 2.99. The van der Waals surface area contributed by atoms with Crippen LogP contribution in [0.4, 0.5) is 13.2 Å². The third kappa shape index (κ3) is 1.74. The summed E-state index contributed by atoms with van der Waals surface area (Å²) in [5.74, 6) is -2.80. The Hall–Kier alpha value is -1.02. The Morgan fingerprint density at radius 3 is 2.87 bits per heavy atom. The first kappa shape index (κ1) is 8.17. The lowest BCUT2D eigenvalue weighted by molar-refractivity contribution is -0.197. The molecule has 82 valence electrons. The van der Waals surface area contributed by atoms with Crippen LogP contribution in [0.5, 0.6) is 0 Å². The highest BCUT2D eigenvalue weighted by molar-refractivity contribution is 5.32. The van der Waals surface area contributed by atoms with E-state index >= 15 is 0 Å². The molecule has 4 atom stereocenters. The molecule has 2 aliphatic carbocycles. The van der Waals surface area contributed by atoms with Gasteiger partial charge in [-0.3, -0.25) is 0 Å². The van der Waals surface area contributed by atoms with E-state index in [1.165, 1.54) is 13.0 Å². The zero-order valence-corrected chi connectivity index (χ0v) is 7.93. The van der Waals surface area contributed by atoms with Crippen LogP contribution in [0, 0.1) is 29.1 Å². The van der Waals surface area contributed by atoms with Gasteiger partial charge in [0, 0.05) is 13.2 Å². The summed E-state index contributed by atoms with van der Waals surface area (Å²) in [5, 5.41) is 8.80. The van der Waals surface area contributed by atoms with Crippen LogP contribution in [0.25, 0.3) is 0 Å². The number of fused-ring (bicyclic) bond motifs is 1. The zero-order chi connectivity index (χ0) is 13.1. The molecule has 0 amide bonds. The van der Waals surface area contributed by atoms with Crippen molar-refractivity contribution in [3.05, 3.63) is 12.1 Å². The zero-order valence-electron chi connectivity index (χ0n) is 9.93. The number of alkyl halides is 3. The van der Waals surface area contributed by atoms with Crippen molar-refractivity contribution in [2.24, 2.45) is 17.7 Å². The van der Waals surface area contributed by atoms with Gasteiger partial charge in [-0.15, -0.1) is 0 Å². The molecular formula is C10H10F3NO. The van der Waals surface area contributed by atoms with Crippen molar-refractivity contribution in [1.82, 2.24) is 0 Å². The summed E-state index contributed by atoms with van der Waals surface area (Å²) in [4.78, 5) is 0. The van der Waals surface area contributed by atoms with Crippen LogP contribution in [-0.2, 0) is 4.74 Å². The number of hydrogen-bond donors (Lipinski definition) is 0. The Bertz CT molecular complexity index is 430. The monoisotopic (exact) mass is 219 g/mol. The highest BCUT2D eigenvalue weighted by atomic mass is 19.4. The Kier molecular flexibility index (Phi) is 1.63. The van der Waals surface area contributed by atoms with Crippen molar-refractivity contribution < 1.29 is 20.6 Å². The average molecular weight is 219 g/mol. The van der Waals surface area contributed by atoms with Gasteiger partial charge in [0.1, 0.15) is 6.61 Å². The molecular weight excluding hydrogens is 207 g/mol. The highest BCUT2D eigenvalue weighted by Crippen LogP contribution is 2.59. The summed E-state index contributed by atoms with van der Waals surface area (Å²) in [6.45, 7) is -0.0381. The lowest BCUT2D eigenvalue weighted by Crippen LogP contribution is -2.33. The second-order valence-electron chi connectivity index (χ2n) is 3.92. The van der Waals surface area contributed by atoms with E-state index in [9.17, 15) is 13.2 Å². The van der Waals surface area contributed by atoms with Gasteiger partial charge in [0.2, 0.25) is 0 Å². The Morgan fingerprint density at radius 2 is 2.40 bits per heavy atom. The maximum atomic E-state index is 12.1. The number of rotatable bonds is 2. The van der Waals surface area contributed by atoms with Crippen molar-refractivity contribution in [3.8, 4) is 6.07 Å². The van der Waals surface area contributed by atoms with Crippen LogP contribution in [0.3, 0.4) is 0 Å². The van der Waals surface area contributed by atoms with Crippen molar-refractivity contribution in [2.45, 2.75) is 18.7 Å². The SMILES string of the molecule is [2H]C1=C[C@](C)(OCC(F)(F)F)[C@H]2[C@@H](C#N)[C@@]12[2H]. The largest absolute Gasteiger partial charge is 0.411 e. The summed E-state index contributed by atoms with van der Waals surface area (Å²) in [6.07, 6.45) is -3.24. The maximum Gasteiger partial charge on any atom is 0.411 e. The molecule has 0 aliphatic heterocycles. The van der Waals surface area contributed by atoms with Crippen LogP contribution >= 0.6 is 0 Å². The summed E-state index contributed by atoms with van der Waals surface area (Å²) < 4.78 is 56.5. The lowest BCUT2D eigenvalue weighted by Gasteiger charge is -2.25. The minimum Gasteiger partial charge on any atom is -0.361 e. The Morgan fingerprint density at radius 1 is 1.73 bits per heavy atom. The predicted molar refractivity (Wildman–Crippen MR) is 45.6 cm³/mol. The first-order chi connectivity index (χ1) is 7.65. The van der Waals surface area contributed by atoms with Gasteiger partial charge in [-0.25, -0.2) is 0 Å². The number of nitrogens with zero attached hydrogens (tertiary/aromatic N) is 1. The van der Waals surface area contributed by atoms with Crippen LogP contribution in [0.15, 0.2) is 12.1 Å². The molecule has 15 heavy (non-hydrogen) atoms. The van der Waals surface area contributed by atoms with Gasteiger partial charge < -0.3 is 4.74 Å². The molecule has 2 rings (SSSR count). The van der Waals surface area contributed by atoms with E-state index in [1.807, 2.05) is 6.07 Å². The van der Waals surface area contributed by atoms with Gasteiger partial charge in [0.25, 0.3) is 0 Å². The molecule has 0 spiro atoms. The maximum absolute atomic E-state index is 12.1. The van der Waals surface area contributed by atoms with E-state index in [0.29, 0.717) is 0 Å². The lowest BCUT2D eigenvalue weighted by atomic mass is 10.0. The van der Waals surface area contributed by atoms with E-state index < -0.39 is 36.1 Å². The van der Waals surface area contributed by atoms with Gasteiger partial charge in [-0.1, -0.05) is 12.1 Å². The second-order valence-corrected chi connectivity index (χ2v) is 3.92. The quantitative estimate of drug-likeness (QED) is 0.667. The molecule has 2 nitrogen and oxygen atoms in total. The number of halogens is 3. The van der Waals surface area contributed by atoms with Crippen LogP contribution in [0.1, 0.15) is 9.67 Å². The fourth-order valence-electron chi connectivity index (χ4n) is 1.91. The minimum atomic E-state index is -4.46. The number of ether oxygens (including phenoxy) is 1. The van der Waals surface area contributed by atoms with Crippen molar-refractivity contribution >= 4 is 0 Å². The molecule has 2 aliphatic rings. The Balaban J connectivity index is 2.16. The molecule has 0 aromatic heterocycles. The molecule has 1 fully saturated rings. The van der Waals surface area contributed by atoms with Crippen molar-refractivity contribution in [2.75, 3.05) is 6.61 Å². The molecule has 0 aromatic rings. The molecule has 0 radical (unpaired) electrons. The Labute approximate surface area is 88.1 Å². The third-order valence-corrected chi connectivity index (χ3v) is 2.72. The molecule has 0 unspecified atom stereocenters. The number of nitriles is 1. The van der Waals surface area contributed by atoms with Gasteiger partial charge >= 0.3 is 6.18 Å².